The molecule has 0 spiro atoms. The van der Waals surface area contributed by atoms with E-state index in [2.05, 4.69) is 28.2 Å². The molecule has 7 nitrogen and oxygen atoms in total. The Bertz CT molecular complexity index is 508. The lowest BCUT2D eigenvalue weighted by Gasteiger charge is -2.16. The molecule has 2 atom stereocenters. The summed E-state index contributed by atoms with van der Waals surface area (Å²) in [4.78, 5) is 29.4. The van der Waals surface area contributed by atoms with E-state index < -0.39 is 11.5 Å². The van der Waals surface area contributed by atoms with Crippen LogP contribution in [0.5, 0.6) is 0 Å². The topological polar surface area (TPSA) is 83.6 Å². The van der Waals surface area contributed by atoms with Crippen LogP contribution in [0.1, 0.15) is 18.7 Å². The van der Waals surface area contributed by atoms with Crippen LogP contribution in [0.15, 0.2) is 5.38 Å². The average Bonchev–Trinajstić information content (AvgIpc) is 2.98. The fourth-order valence-corrected chi connectivity index (χ4v) is 3.14. The van der Waals surface area contributed by atoms with Gasteiger partial charge >= 0.3 is 5.97 Å². The molecule has 20 heavy (non-hydrogen) atoms. The molecule has 0 radical (unpaired) electrons. The van der Waals surface area contributed by atoms with Gasteiger partial charge in [-0.3, -0.25) is 15.0 Å². The standard InChI is InChI=1S/C11H16N4O3S2/c1-3-18-9(17)8(12-2)6-5-20-11(14-6)15-7(16)4-13-10(15)19/h5,8,10,12-13,19H,3-4H2,1-2H3. The van der Waals surface area contributed by atoms with Crippen molar-refractivity contribution in [1.29, 1.82) is 0 Å². The number of nitrogens with one attached hydrogen (secondary N) is 2. The van der Waals surface area contributed by atoms with E-state index in [1.807, 2.05) is 0 Å². The first-order valence-corrected chi connectivity index (χ1v) is 7.51. The Morgan fingerprint density at radius 1 is 1.80 bits per heavy atom. The van der Waals surface area contributed by atoms with Crippen LogP contribution in [0.3, 0.4) is 0 Å². The molecule has 1 fully saturated rings. The highest BCUT2D eigenvalue weighted by atomic mass is 32.1. The van der Waals surface area contributed by atoms with Gasteiger partial charge in [0.2, 0.25) is 5.91 Å². The molecular formula is C11H16N4O3S2. The van der Waals surface area contributed by atoms with Crippen LogP contribution in [-0.4, -0.2) is 42.6 Å². The first kappa shape index (κ1) is 15.2. The van der Waals surface area contributed by atoms with Crippen molar-refractivity contribution >= 4 is 41.0 Å². The SMILES string of the molecule is CCOC(=O)C(NC)c1csc(N2C(=O)CNC2S)n1. The lowest BCUT2D eigenvalue weighted by atomic mass is 10.2. The zero-order valence-corrected chi connectivity index (χ0v) is 12.8. The molecule has 2 heterocycles. The summed E-state index contributed by atoms with van der Waals surface area (Å²) in [6, 6.07) is -0.635. The number of anilines is 1. The summed E-state index contributed by atoms with van der Waals surface area (Å²) in [5.74, 6) is -0.483. The Kier molecular flexibility index (Phi) is 4.97. The minimum atomic E-state index is -0.635. The third-order valence-electron chi connectivity index (χ3n) is 2.77. The third-order valence-corrected chi connectivity index (χ3v) is 4.04. The monoisotopic (exact) mass is 316 g/mol. The van der Waals surface area contributed by atoms with E-state index in [1.165, 1.54) is 16.2 Å². The van der Waals surface area contributed by atoms with Crippen molar-refractivity contribution in [3.63, 3.8) is 0 Å². The van der Waals surface area contributed by atoms with Crippen LogP contribution < -0.4 is 15.5 Å². The van der Waals surface area contributed by atoms with Crippen LogP contribution in [0.2, 0.25) is 0 Å². The number of carbonyl (C=O) groups excluding carboxylic acids is 2. The van der Waals surface area contributed by atoms with Gasteiger partial charge in [-0.1, -0.05) is 0 Å². The van der Waals surface area contributed by atoms with Crippen LogP contribution in [-0.2, 0) is 14.3 Å². The number of nitrogens with zero attached hydrogens (tertiary/aromatic N) is 2. The molecule has 0 aliphatic carbocycles. The van der Waals surface area contributed by atoms with Crippen molar-refractivity contribution in [1.82, 2.24) is 15.6 Å². The Labute approximate surface area is 126 Å². The average molecular weight is 316 g/mol. The zero-order valence-electron chi connectivity index (χ0n) is 11.1. The first-order chi connectivity index (χ1) is 9.58. The highest BCUT2D eigenvalue weighted by Crippen LogP contribution is 2.28. The van der Waals surface area contributed by atoms with E-state index in [1.54, 1.807) is 19.4 Å². The van der Waals surface area contributed by atoms with Gasteiger partial charge in [0.25, 0.3) is 0 Å². The molecule has 1 amide bonds. The van der Waals surface area contributed by atoms with Crippen molar-refractivity contribution in [2.75, 3.05) is 25.1 Å². The first-order valence-electron chi connectivity index (χ1n) is 6.11. The molecule has 1 aliphatic rings. The second-order valence-electron chi connectivity index (χ2n) is 4.05. The second kappa shape index (κ2) is 6.53. The maximum atomic E-state index is 11.8. The summed E-state index contributed by atoms with van der Waals surface area (Å²) in [5, 5.41) is 8.02. The highest BCUT2D eigenvalue weighted by molar-refractivity contribution is 7.81. The number of likely N-dealkylation sites (N-methyl/N-ethyl adjacent to an activating group) is 1. The predicted molar refractivity (Wildman–Crippen MR) is 78.8 cm³/mol. The van der Waals surface area contributed by atoms with Crippen molar-refractivity contribution in [2.45, 2.75) is 18.5 Å². The van der Waals surface area contributed by atoms with Gasteiger partial charge in [0.1, 0.15) is 11.5 Å². The number of thiol groups is 1. The number of amides is 1. The Hall–Kier alpha value is -1.16. The van der Waals surface area contributed by atoms with E-state index in [0.29, 0.717) is 17.4 Å². The minimum absolute atomic E-state index is 0.0944. The second-order valence-corrected chi connectivity index (χ2v) is 5.37. The maximum absolute atomic E-state index is 11.8. The Balaban J connectivity index is 2.19. The number of carbonyl (C=O) groups is 2. The molecule has 0 bridgehead atoms. The molecule has 2 rings (SSSR count). The van der Waals surface area contributed by atoms with E-state index in [0.717, 1.165) is 0 Å². The van der Waals surface area contributed by atoms with Crippen molar-refractivity contribution in [2.24, 2.45) is 0 Å². The molecule has 1 saturated heterocycles. The number of hydrogen-bond acceptors (Lipinski definition) is 8. The molecule has 0 aromatic carbocycles. The fraction of sp³-hybridized carbons (Fsp3) is 0.545. The largest absolute Gasteiger partial charge is 0.465 e. The van der Waals surface area contributed by atoms with Gasteiger partial charge in [0.05, 0.1) is 18.8 Å². The van der Waals surface area contributed by atoms with Gasteiger partial charge in [-0.05, 0) is 14.0 Å². The lowest BCUT2D eigenvalue weighted by Crippen LogP contribution is -2.33. The van der Waals surface area contributed by atoms with Crippen molar-refractivity contribution in [3.8, 4) is 0 Å². The van der Waals surface area contributed by atoms with Crippen molar-refractivity contribution in [3.05, 3.63) is 11.1 Å². The van der Waals surface area contributed by atoms with Crippen molar-refractivity contribution < 1.29 is 14.3 Å². The van der Waals surface area contributed by atoms with Gasteiger partial charge in [0, 0.05) is 5.38 Å². The van der Waals surface area contributed by atoms with Gasteiger partial charge in [-0.2, -0.15) is 0 Å². The van der Waals surface area contributed by atoms with Crippen LogP contribution in [0, 0.1) is 0 Å². The molecule has 2 unspecified atom stereocenters. The van der Waals surface area contributed by atoms with Gasteiger partial charge in [-0.15, -0.1) is 24.0 Å². The summed E-state index contributed by atoms with van der Waals surface area (Å²) < 4.78 is 4.98. The smallest absolute Gasteiger partial charge is 0.329 e. The number of thiazole rings is 1. The van der Waals surface area contributed by atoms with Crippen LogP contribution in [0.25, 0.3) is 0 Å². The minimum Gasteiger partial charge on any atom is -0.465 e. The van der Waals surface area contributed by atoms with Gasteiger partial charge < -0.3 is 10.1 Å². The van der Waals surface area contributed by atoms with Gasteiger partial charge in [-0.25, -0.2) is 9.78 Å². The number of rotatable bonds is 5. The summed E-state index contributed by atoms with van der Waals surface area (Å²) in [6.45, 7) is 2.29. The summed E-state index contributed by atoms with van der Waals surface area (Å²) in [5.41, 5.74) is 0.142. The summed E-state index contributed by atoms with van der Waals surface area (Å²) in [7, 11) is 1.66. The van der Waals surface area contributed by atoms with Gasteiger partial charge in [0.15, 0.2) is 5.13 Å². The molecule has 110 valence electrons. The Morgan fingerprint density at radius 3 is 3.10 bits per heavy atom. The predicted octanol–water partition coefficient (Wildman–Crippen LogP) is 0.116. The Morgan fingerprint density at radius 2 is 2.55 bits per heavy atom. The van der Waals surface area contributed by atoms with Crippen LogP contribution >= 0.6 is 24.0 Å². The number of aromatic nitrogens is 1. The normalized spacial score (nSPS) is 20.2. The zero-order chi connectivity index (χ0) is 14.7. The molecule has 1 aliphatic heterocycles. The molecule has 9 heteroatoms. The van der Waals surface area contributed by atoms with E-state index in [-0.39, 0.29) is 18.4 Å². The quantitative estimate of drug-likeness (QED) is 0.528. The molecule has 2 N–H and O–H groups in total. The number of ether oxygens (including phenoxy) is 1. The number of hydrogen-bond donors (Lipinski definition) is 3. The lowest BCUT2D eigenvalue weighted by molar-refractivity contribution is -0.145. The summed E-state index contributed by atoms with van der Waals surface area (Å²) in [6.07, 6.45) is 0. The van der Waals surface area contributed by atoms with E-state index in [9.17, 15) is 9.59 Å². The maximum Gasteiger partial charge on any atom is 0.329 e. The molecule has 0 saturated carbocycles. The van der Waals surface area contributed by atoms with E-state index >= 15 is 0 Å². The molecule has 1 aromatic rings. The summed E-state index contributed by atoms with van der Waals surface area (Å²) >= 11 is 5.56. The number of esters is 1. The highest BCUT2D eigenvalue weighted by Gasteiger charge is 2.32. The fourth-order valence-electron chi connectivity index (χ4n) is 1.83. The third kappa shape index (κ3) is 2.95. The van der Waals surface area contributed by atoms with Crippen LogP contribution in [0.4, 0.5) is 5.13 Å². The molecular weight excluding hydrogens is 300 g/mol. The van der Waals surface area contributed by atoms with E-state index in [4.69, 9.17) is 4.74 Å². The molecule has 1 aromatic heterocycles.